The molecule has 0 saturated heterocycles. The van der Waals surface area contributed by atoms with Crippen LogP contribution in [-0.2, 0) is 12.8 Å². The number of carbonyl (C=O) groups is 1. The highest BCUT2D eigenvalue weighted by Gasteiger charge is 2.17. The summed E-state index contributed by atoms with van der Waals surface area (Å²) in [5.74, 6) is -0.204. The Hall–Kier alpha value is -1.95. The van der Waals surface area contributed by atoms with Crippen LogP contribution < -0.4 is 10.6 Å². The molecule has 1 amide bonds. The first-order chi connectivity index (χ1) is 10.3. The van der Waals surface area contributed by atoms with E-state index in [2.05, 4.69) is 20.6 Å². The molecule has 0 unspecified atom stereocenters. The van der Waals surface area contributed by atoms with Gasteiger partial charge in [-0.2, -0.15) is 0 Å². The first-order valence-corrected chi connectivity index (χ1v) is 8.08. The summed E-state index contributed by atoms with van der Waals surface area (Å²) in [7, 11) is 0. The minimum atomic E-state index is -0.204. The molecule has 110 valence electrons. The molecule has 21 heavy (non-hydrogen) atoms. The van der Waals surface area contributed by atoms with Crippen molar-refractivity contribution < 1.29 is 4.79 Å². The molecule has 0 atom stereocenters. The van der Waals surface area contributed by atoms with Gasteiger partial charge in [0.05, 0.1) is 17.6 Å². The van der Waals surface area contributed by atoms with Crippen LogP contribution in [-0.4, -0.2) is 22.4 Å². The van der Waals surface area contributed by atoms with E-state index in [-0.39, 0.29) is 5.91 Å². The molecule has 0 radical (unpaired) electrons. The monoisotopic (exact) mass is 302 g/mol. The lowest BCUT2D eigenvalue weighted by atomic mass is 10.0. The van der Waals surface area contributed by atoms with Crippen LogP contribution in [0.1, 0.15) is 40.8 Å². The number of anilines is 2. The molecule has 2 heterocycles. The molecule has 3 rings (SSSR count). The van der Waals surface area contributed by atoms with E-state index in [0.29, 0.717) is 10.8 Å². The number of carbonyl (C=O) groups excluding carboxylic acids is 1. The molecule has 2 aromatic heterocycles. The van der Waals surface area contributed by atoms with Crippen molar-refractivity contribution in [3.8, 4) is 0 Å². The molecule has 0 aliphatic heterocycles. The Bertz CT molecular complexity index is 612. The Balaban J connectivity index is 1.69. The van der Waals surface area contributed by atoms with Crippen molar-refractivity contribution >= 4 is 28.1 Å². The fraction of sp³-hybridized carbons (Fsp3) is 0.400. The third kappa shape index (κ3) is 3.21. The fourth-order valence-electron chi connectivity index (χ4n) is 2.40. The van der Waals surface area contributed by atoms with Gasteiger partial charge in [-0.3, -0.25) is 10.1 Å². The quantitative estimate of drug-likeness (QED) is 0.910. The standard InChI is InChI=1S/C15H18N4OS/c1-2-16-10-7-8-12(17-9-10)14(20)19-15-18-11-5-3-4-6-13(11)21-15/h7-9,16H,2-6H2,1H3,(H,18,19,20). The molecule has 1 aliphatic carbocycles. The first-order valence-electron chi connectivity index (χ1n) is 7.26. The molecule has 6 heteroatoms. The van der Waals surface area contributed by atoms with Crippen LogP contribution in [0.3, 0.4) is 0 Å². The van der Waals surface area contributed by atoms with Gasteiger partial charge in [0, 0.05) is 11.4 Å². The highest BCUT2D eigenvalue weighted by molar-refractivity contribution is 7.15. The van der Waals surface area contributed by atoms with E-state index in [9.17, 15) is 4.79 Å². The SMILES string of the molecule is CCNc1ccc(C(=O)Nc2nc3c(s2)CCCC3)nc1. The molecule has 0 bridgehead atoms. The summed E-state index contributed by atoms with van der Waals surface area (Å²) in [4.78, 5) is 22.2. The van der Waals surface area contributed by atoms with Gasteiger partial charge in [0.15, 0.2) is 5.13 Å². The average Bonchev–Trinajstić information content (AvgIpc) is 2.90. The zero-order valence-electron chi connectivity index (χ0n) is 12.0. The third-order valence-electron chi connectivity index (χ3n) is 3.44. The van der Waals surface area contributed by atoms with Crippen LogP contribution in [0.15, 0.2) is 18.3 Å². The number of nitrogens with zero attached hydrogens (tertiary/aromatic N) is 2. The molecule has 5 nitrogen and oxygen atoms in total. The van der Waals surface area contributed by atoms with Gasteiger partial charge < -0.3 is 5.32 Å². The predicted molar refractivity (Wildman–Crippen MR) is 85.1 cm³/mol. The molecule has 0 aromatic carbocycles. The van der Waals surface area contributed by atoms with Gasteiger partial charge >= 0.3 is 0 Å². The Morgan fingerprint density at radius 1 is 1.33 bits per heavy atom. The van der Waals surface area contributed by atoms with Crippen LogP contribution in [0.2, 0.25) is 0 Å². The van der Waals surface area contributed by atoms with Crippen molar-refractivity contribution in [2.45, 2.75) is 32.6 Å². The van der Waals surface area contributed by atoms with Crippen LogP contribution >= 0.6 is 11.3 Å². The van der Waals surface area contributed by atoms with Gasteiger partial charge in [-0.1, -0.05) is 0 Å². The molecule has 0 fully saturated rings. The summed E-state index contributed by atoms with van der Waals surface area (Å²) in [6.07, 6.45) is 6.19. The minimum Gasteiger partial charge on any atom is -0.384 e. The molecule has 2 aromatic rings. The number of amides is 1. The van der Waals surface area contributed by atoms with Crippen LogP contribution in [0.5, 0.6) is 0 Å². The zero-order valence-corrected chi connectivity index (χ0v) is 12.8. The highest BCUT2D eigenvalue weighted by atomic mass is 32.1. The second kappa shape index (κ2) is 6.22. The Morgan fingerprint density at radius 3 is 2.90 bits per heavy atom. The maximum atomic E-state index is 12.2. The fourth-order valence-corrected chi connectivity index (χ4v) is 3.45. The summed E-state index contributed by atoms with van der Waals surface area (Å²) >= 11 is 1.59. The summed E-state index contributed by atoms with van der Waals surface area (Å²) < 4.78 is 0. The van der Waals surface area contributed by atoms with E-state index >= 15 is 0 Å². The van der Waals surface area contributed by atoms with Crippen molar-refractivity contribution in [1.82, 2.24) is 9.97 Å². The van der Waals surface area contributed by atoms with Crippen molar-refractivity contribution in [2.24, 2.45) is 0 Å². The number of rotatable bonds is 4. The van der Waals surface area contributed by atoms with Crippen LogP contribution in [0, 0.1) is 0 Å². The lowest BCUT2D eigenvalue weighted by Gasteiger charge is -2.06. The first kappa shape index (κ1) is 14.0. The van der Waals surface area contributed by atoms with Crippen molar-refractivity contribution in [3.63, 3.8) is 0 Å². The number of nitrogens with one attached hydrogen (secondary N) is 2. The predicted octanol–water partition coefficient (Wildman–Crippen LogP) is 3.10. The zero-order chi connectivity index (χ0) is 14.7. The summed E-state index contributed by atoms with van der Waals surface area (Å²) in [5.41, 5.74) is 2.47. The topological polar surface area (TPSA) is 66.9 Å². The molecule has 0 saturated carbocycles. The van der Waals surface area contributed by atoms with Crippen LogP contribution in [0.4, 0.5) is 10.8 Å². The lowest BCUT2D eigenvalue weighted by Crippen LogP contribution is -2.13. The summed E-state index contributed by atoms with van der Waals surface area (Å²) in [6, 6.07) is 3.58. The molecule has 2 N–H and O–H groups in total. The van der Waals surface area contributed by atoms with E-state index in [1.165, 1.54) is 17.7 Å². The third-order valence-corrected chi connectivity index (χ3v) is 4.52. The van der Waals surface area contributed by atoms with Gasteiger partial charge in [0.1, 0.15) is 5.69 Å². The maximum absolute atomic E-state index is 12.2. The second-order valence-electron chi connectivity index (χ2n) is 5.01. The van der Waals surface area contributed by atoms with Crippen molar-refractivity contribution in [1.29, 1.82) is 0 Å². The number of pyridine rings is 1. The van der Waals surface area contributed by atoms with E-state index in [0.717, 1.165) is 30.8 Å². The van der Waals surface area contributed by atoms with E-state index in [1.54, 1.807) is 23.6 Å². The van der Waals surface area contributed by atoms with E-state index in [1.807, 2.05) is 13.0 Å². The van der Waals surface area contributed by atoms with Crippen LogP contribution in [0.25, 0.3) is 0 Å². The van der Waals surface area contributed by atoms with Gasteiger partial charge in [-0.25, -0.2) is 9.97 Å². The number of hydrogen-bond donors (Lipinski definition) is 2. The summed E-state index contributed by atoms with van der Waals surface area (Å²) in [6.45, 7) is 2.85. The molecule has 0 spiro atoms. The Kier molecular flexibility index (Phi) is 4.15. The number of aryl methyl sites for hydroxylation is 2. The number of fused-ring (bicyclic) bond motifs is 1. The van der Waals surface area contributed by atoms with Gasteiger partial charge in [0.25, 0.3) is 5.91 Å². The largest absolute Gasteiger partial charge is 0.384 e. The maximum Gasteiger partial charge on any atom is 0.276 e. The van der Waals surface area contributed by atoms with Gasteiger partial charge in [-0.15, -0.1) is 11.3 Å². The minimum absolute atomic E-state index is 0.204. The molecule has 1 aliphatic rings. The smallest absolute Gasteiger partial charge is 0.276 e. The molecular weight excluding hydrogens is 284 g/mol. The lowest BCUT2D eigenvalue weighted by molar-refractivity contribution is 0.102. The Morgan fingerprint density at radius 2 is 2.19 bits per heavy atom. The van der Waals surface area contributed by atoms with Crippen molar-refractivity contribution in [2.75, 3.05) is 17.2 Å². The Labute approximate surface area is 127 Å². The number of hydrogen-bond acceptors (Lipinski definition) is 5. The summed E-state index contributed by atoms with van der Waals surface area (Å²) in [5, 5.41) is 6.69. The average molecular weight is 302 g/mol. The van der Waals surface area contributed by atoms with E-state index < -0.39 is 0 Å². The number of thiazole rings is 1. The normalized spacial score (nSPS) is 13.6. The van der Waals surface area contributed by atoms with Gasteiger partial charge in [-0.05, 0) is 44.7 Å². The van der Waals surface area contributed by atoms with Crippen molar-refractivity contribution in [3.05, 3.63) is 34.6 Å². The highest BCUT2D eigenvalue weighted by Crippen LogP contribution is 2.29. The molecular formula is C15H18N4OS. The number of aromatic nitrogens is 2. The van der Waals surface area contributed by atoms with Gasteiger partial charge in [0.2, 0.25) is 0 Å². The van der Waals surface area contributed by atoms with E-state index in [4.69, 9.17) is 0 Å². The second-order valence-corrected chi connectivity index (χ2v) is 6.10.